The van der Waals surface area contributed by atoms with Gasteiger partial charge in [0.05, 0.1) is 22.1 Å². The molecule has 0 fully saturated rings. The minimum atomic E-state index is 1.17. The molecule has 0 atom stereocenters. The summed E-state index contributed by atoms with van der Waals surface area (Å²) in [6.45, 7) is 0. The van der Waals surface area contributed by atoms with Crippen molar-refractivity contribution in [3.8, 4) is 55.9 Å². The maximum absolute atomic E-state index is 2.41. The van der Waals surface area contributed by atoms with Crippen LogP contribution >= 0.6 is 0 Å². The van der Waals surface area contributed by atoms with Crippen LogP contribution in [0.3, 0.4) is 0 Å². The van der Waals surface area contributed by atoms with E-state index in [-0.39, 0.29) is 0 Å². The van der Waals surface area contributed by atoms with E-state index in [1.807, 2.05) is 0 Å². The van der Waals surface area contributed by atoms with E-state index in [0.717, 1.165) is 0 Å². The van der Waals surface area contributed by atoms with Crippen LogP contribution in [0.15, 0.2) is 194 Å². The topological polar surface area (TPSA) is 9.86 Å². The van der Waals surface area contributed by atoms with Crippen LogP contribution in [0, 0.1) is 0 Å². The lowest BCUT2D eigenvalue weighted by atomic mass is 9.94. The van der Waals surface area contributed by atoms with Crippen LogP contribution in [0.4, 0.5) is 0 Å². The number of rotatable bonds is 4. The van der Waals surface area contributed by atoms with Gasteiger partial charge in [-0.15, -0.1) is 0 Å². The summed E-state index contributed by atoms with van der Waals surface area (Å²) in [7, 11) is 0. The van der Waals surface area contributed by atoms with Gasteiger partial charge in [-0.1, -0.05) is 133 Å². The third-order valence-electron chi connectivity index (χ3n) is 11.7. The Labute approximate surface area is 312 Å². The summed E-state index contributed by atoms with van der Waals surface area (Å²) in [5, 5.41) is 7.71. The molecule has 54 heavy (non-hydrogen) atoms. The van der Waals surface area contributed by atoms with Crippen LogP contribution in [-0.2, 0) is 0 Å². The molecule has 0 spiro atoms. The van der Waals surface area contributed by atoms with Crippen molar-refractivity contribution in [2.45, 2.75) is 0 Å². The number of fused-ring (bicyclic) bond motifs is 9. The number of hydrogen-bond acceptors (Lipinski definition) is 0. The molecule has 0 unspecified atom stereocenters. The Balaban J connectivity index is 1.00. The molecular weight excluding hydrogens is 653 g/mol. The van der Waals surface area contributed by atoms with Gasteiger partial charge in [-0.05, 0) is 116 Å². The van der Waals surface area contributed by atoms with E-state index in [9.17, 15) is 0 Å². The SMILES string of the molecule is c1ccc(-n2c3ccccc3c3cc(-c4ccc5c(c4)-c4cccc6c(-c7ccc8c9ccccc9n(-c9ccccc9)c8c7)ccc-5c46)ccc32)cc1. The molecule has 0 aliphatic heterocycles. The van der Waals surface area contributed by atoms with E-state index in [1.54, 1.807) is 0 Å². The fraction of sp³-hybridized carbons (Fsp3) is 0. The van der Waals surface area contributed by atoms with Gasteiger partial charge in [0, 0.05) is 32.9 Å². The summed E-state index contributed by atoms with van der Waals surface area (Å²) in [5.74, 6) is 0. The van der Waals surface area contributed by atoms with E-state index in [1.165, 1.54) is 110 Å². The van der Waals surface area contributed by atoms with Gasteiger partial charge in [0.25, 0.3) is 0 Å². The third-order valence-corrected chi connectivity index (χ3v) is 11.7. The lowest BCUT2D eigenvalue weighted by molar-refractivity contribution is 1.18. The lowest BCUT2D eigenvalue weighted by Gasteiger charge is -2.12. The number of aromatic nitrogens is 2. The Kier molecular flexibility index (Phi) is 6.09. The molecule has 0 saturated carbocycles. The van der Waals surface area contributed by atoms with Crippen molar-refractivity contribution in [2.75, 3.05) is 0 Å². The summed E-state index contributed by atoms with van der Waals surface area (Å²) in [5.41, 5.74) is 17.4. The third kappa shape index (κ3) is 4.11. The highest BCUT2D eigenvalue weighted by molar-refractivity contribution is 6.20. The highest BCUT2D eigenvalue weighted by Gasteiger charge is 2.24. The molecule has 11 aromatic rings. The maximum atomic E-state index is 2.41. The van der Waals surface area contributed by atoms with Gasteiger partial charge in [0.15, 0.2) is 0 Å². The second-order valence-corrected chi connectivity index (χ2v) is 14.5. The van der Waals surface area contributed by atoms with Gasteiger partial charge >= 0.3 is 0 Å². The molecule has 12 rings (SSSR count). The second-order valence-electron chi connectivity index (χ2n) is 14.5. The molecule has 0 N–H and O–H groups in total. The fourth-order valence-electron chi connectivity index (χ4n) is 9.29. The zero-order valence-electron chi connectivity index (χ0n) is 29.4. The molecular formula is C52H32N2. The van der Waals surface area contributed by atoms with Crippen LogP contribution < -0.4 is 0 Å². The molecule has 1 aliphatic rings. The highest BCUT2D eigenvalue weighted by atomic mass is 15.0. The molecule has 9 aromatic carbocycles. The van der Waals surface area contributed by atoms with Crippen LogP contribution in [-0.4, -0.2) is 9.13 Å². The van der Waals surface area contributed by atoms with Crippen molar-refractivity contribution < 1.29 is 0 Å². The molecule has 2 nitrogen and oxygen atoms in total. The van der Waals surface area contributed by atoms with Crippen LogP contribution in [0.25, 0.3) is 110 Å². The molecule has 0 amide bonds. The molecule has 2 heteroatoms. The first kappa shape index (κ1) is 29.4. The average molecular weight is 685 g/mol. The second kappa shape index (κ2) is 11.2. The number of nitrogens with zero attached hydrogens (tertiary/aromatic N) is 2. The van der Waals surface area contributed by atoms with Crippen LogP contribution in [0.1, 0.15) is 0 Å². The van der Waals surface area contributed by atoms with E-state index < -0.39 is 0 Å². The quantitative estimate of drug-likeness (QED) is 0.175. The molecule has 2 heterocycles. The minimum absolute atomic E-state index is 1.17. The van der Waals surface area contributed by atoms with E-state index in [4.69, 9.17) is 0 Å². The molecule has 2 aromatic heterocycles. The number of hydrogen-bond donors (Lipinski definition) is 0. The zero-order chi connectivity index (χ0) is 35.3. The van der Waals surface area contributed by atoms with Crippen molar-refractivity contribution in [3.05, 3.63) is 194 Å². The Hall–Kier alpha value is -7.16. The lowest BCUT2D eigenvalue weighted by Crippen LogP contribution is -1.93. The standard InChI is InChI=1S/C52H32N2/c1-3-12-36(13-4-1)53-49-21-10-8-17-41(49)47-31-34(24-29-50(47)53)33-22-25-39-45-28-27-38(43-18-11-19-44(52(43)45)46(39)30-33)35-23-26-42-40-16-7-9-20-48(40)54(51(42)32-35)37-14-5-2-6-15-37/h1-32H. The van der Waals surface area contributed by atoms with Gasteiger partial charge in [0.2, 0.25) is 0 Å². The van der Waals surface area contributed by atoms with Crippen molar-refractivity contribution in [1.29, 1.82) is 0 Å². The van der Waals surface area contributed by atoms with Crippen molar-refractivity contribution in [2.24, 2.45) is 0 Å². The predicted molar refractivity (Wildman–Crippen MR) is 228 cm³/mol. The Bertz CT molecular complexity index is 3310. The average Bonchev–Trinajstić information content (AvgIpc) is 3.87. The monoisotopic (exact) mass is 684 g/mol. The first-order chi connectivity index (χ1) is 26.8. The first-order valence-electron chi connectivity index (χ1n) is 18.7. The summed E-state index contributed by atoms with van der Waals surface area (Å²) < 4.78 is 4.79. The number of para-hydroxylation sites is 4. The van der Waals surface area contributed by atoms with E-state index >= 15 is 0 Å². The fourth-order valence-corrected chi connectivity index (χ4v) is 9.29. The summed E-state index contributed by atoms with van der Waals surface area (Å²) in [6.07, 6.45) is 0. The molecule has 0 bridgehead atoms. The Morgan fingerprint density at radius 3 is 1.52 bits per heavy atom. The summed E-state index contributed by atoms with van der Waals surface area (Å²) >= 11 is 0. The van der Waals surface area contributed by atoms with Crippen molar-refractivity contribution >= 4 is 54.4 Å². The van der Waals surface area contributed by atoms with Crippen LogP contribution in [0.2, 0.25) is 0 Å². The molecule has 0 radical (unpaired) electrons. The first-order valence-corrected chi connectivity index (χ1v) is 18.7. The molecule has 1 aliphatic carbocycles. The van der Waals surface area contributed by atoms with Gasteiger partial charge in [-0.2, -0.15) is 0 Å². The largest absolute Gasteiger partial charge is 0.309 e. The summed E-state index contributed by atoms with van der Waals surface area (Å²) in [6, 6.07) is 71.4. The Morgan fingerprint density at radius 2 is 0.759 bits per heavy atom. The van der Waals surface area contributed by atoms with Gasteiger partial charge < -0.3 is 9.13 Å². The molecule has 0 saturated heterocycles. The van der Waals surface area contributed by atoms with Gasteiger partial charge in [-0.3, -0.25) is 0 Å². The zero-order valence-corrected chi connectivity index (χ0v) is 29.4. The van der Waals surface area contributed by atoms with Gasteiger partial charge in [0.1, 0.15) is 0 Å². The van der Waals surface area contributed by atoms with Gasteiger partial charge in [-0.25, -0.2) is 0 Å². The van der Waals surface area contributed by atoms with Crippen LogP contribution in [0.5, 0.6) is 0 Å². The minimum Gasteiger partial charge on any atom is -0.309 e. The maximum Gasteiger partial charge on any atom is 0.0547 e. The van der Waals surface area contributed by atoms with Crippen molar-refractivity contribution in [3.63, 3.8) is 0 Å². The van der Waals surface area contributed by atoms with E-state index in [0.29, 0.717) is 0 Å². The smallest absolute Gasteiger partial charge is 0.0547 e. The Morgan fingerprint density at radius 1 is 0.241 bits per heavy atom. The van der Waals surface area contributed by atoms with Crippen molar-refractivity contribution in [1.82, 2.24) is 9.13 Å². The molecule has 250 valence electrons. The highest BCUT2D eigenvalue weighted by Crippen LogP contribution is 2.51. The normalized spacial score (nSPS) is 12.1. The predicted octanol–water partition coefficient (Wildman–Crippen LogP) is 14.0. The number of benzene rings is 9. The summed E-state index contributed by atoms with van der Waals surface area (Å²) in [4.78, 5) is 0. The van der Waals surface area contributed by atoms with E-state index in [2.05, 4.69) is 203 Å².